The summed E-state index contributed by atoms with van der Waals surface area (Å²) in [6.45, 7) is 3.07. The molecule has 0 aliphatic heterocycles. The fourth-order valence-electron chi connectivity index (χ4n) is 2.06. The van der Waals surface area contributed by atoms with Crippen LogP contribution in [0.2, 0.25) is 5.02 Å². The fourth-order valence-corrected chi connectivity index (χ4v) is 2.18. The number of halogens is 1. The third kappa shape index (κ3) is 5.06. The van der Waals surface area contributed by atoms with E-state index in [1.807, 2.05) is 19.1 Å². The van der Waals surface area contributed by atoms with Crippen molar-refractivity contribution in [3.05, 3.63) is 35.4 Å². The predicted molar refractivity (Wildman–Crippen MR) is 89.5 cm³/mol. The Morgan fingerprint density at radius 1 is 1.39 bits per heavy atom. The van der Waals surface area contributed by atoms with Crippen LogP contribution in [0.3, 0.4) is 0 Å². The van der Waals surface area contributed by atoms with Gasteiger partial charge in [-0.1, -0.05) is 23.7 Å². The second-order valence-corrected chi connectivity index (χ2v) is 5.30. The highest BCUT2D eigenvalue weighted by Gasteiger charge is 2.12. The van der Waals surface area contributed by atoms with Gasteiger partial charge in [-0.3, -0.25) is 4.79 Å². The fraction of sp³-hybridized carbons (Fsp3) is 0.375. The third-order valence-corrected chi connectivity index (χ3v) is 3.43. The zero-order valence-electron chi connectivity index (χ0n) is 13.0. The highest BCUT2D eigenvalue weighted by Crippen LogP contribution is 2.23. The first-order valence-corrected chi connectivity index (χ1v) is 7.84. The summed E-state index contributed by atoms with van der Waals surface area (Å²) in [7, 11) is 0. The van der Waals surface area contributed by atoms with Crippen molar-refractivity contribution in [1.29, 1.82) is 0 Å². The summed E-state index contributed by atoms with van der Waals surface area (Å²) < 4.78 is 6.74. The van der Waals surface area contributed by atoms with Crippen molar-refractivity contribution in [1.82, 2.24) is 9.78 Å². The van der Waals surface area contributed by atoms with Crippen LogP contribution in [-0.4, -0.2) is 40.6 Å². The summed E-state index contributed by atoms with van der Waals surface area (Å²) in [5.41, 5.74) is 1.59. The molecule has 2 N–H and O–H groups in total. The van der Waals surface area contributed by atoms with Crippen LogP contribution in [0, 0.1) is 0 Å². The van der Waals surface area contributed by atoms with Gasteiger partial charge in [0.25, 0.3) is 0 Å². The number of carbonyl (C=O) groups excluding carboxylic acids is 1. The molecule has 0 radical (unpaired) electrons. The minimum atomic E-state index is -0.153. The molecule has 1 aromatic carbocycles. The van der Waals surface area contributed by atoms with Gasteiger partial charge < -0.3 is 15.2 Å². The first-order valence-electron chi connectivity index (χ1n) is 7.46. The molecular weight excluding hydrogens is 318 g/mol. The maximum absolute atomic E-state index is 11.9. The summed E-state index contributed by atoms with van der Waals surface area (Å²) in [5.74, 6) is 0.394. The zero-order chi connectivity index (χ0) is 16.7. The van der Waals surface area contributed by atoms with Crippen molar-refractivity contribution >= 4 is 23.3 Å². The molecule has 0 spiro atoms. The molecule has 0 atom stereocenters. The Morgan fingerprint density at radius 3 is 2.78 bits per heavy atom. The lowest BCUT2D eigenvalue weighted by Crippen LogP contribution is -2.18. The van der Waals surface area contributed by atoms with Gasteiger partial charge in [0, 0.05) is 23.3 Å². The molecule has 2 rings (SSSR count). The van der Waals surface area contributed by atoms with Gasteiger partial charge in [-0.05, 0) is 19.1 Å². The Balaban J connectivity index is 2.14. The molecule has 0 unspecified atom stereocenters. The van der Waals surface area contributed by atoms with Gasteiger partial charge in [0.15, 0.2) is 0 Å². The lowest BCUT2D eigenvalue weighted by atomic mass is 10.1. The lowest BCUT2D eigenvalue weighted by molar-refractivity contribution is -0.117. The smallest absolute Gasteiger partial charge is 0.227 e. The highest BCUT2D eigenvalue weighted by atomic mass is 35.5. The van der Waals surface area contributed by atoms with E-state index in [0.717, 1.165) is 5.56 Å². The predicted octanol–water partition coefficient (Wildman–Crippen LogP) is 2.56. The molecular formula is C16H20ClN3O3. The van der Waals surface area contributed by atoms with Crippen molar-refractivity contribution in [2.24, 2.45) is 0 Å². The Kier molecular flexibility index (Phi) is 6.58. The van der Waals surface area contributed by atoms with Crippen LogP contribution in [-0.2, 0) is 16.1 Å². The average molecular weight is 338 g/mol. The molecule has 0 saturated heterocycles. The lowest BCUT2D eigenvalue weighted by Gasteiger charge is -2.07. The van der Waals surface area contributed by atoms with Crippen molar-refractivity contribution in [2.75, 3.05) is 25.1 Å². The number of aromatic nitrogens is 2. The Labute approximate surface area is 140 Å². The number of carbonyl (C=O) groups is 1. The van der Waals surface area contributed by atoms with Crippen molar-refractivity contribution in [3.63, 3.8) is 0 Å². The minimum absolute atomic E-state index is 0.0659. The van der Waals surface area contributed by atoms with Crippen LogP contribution in [0.4, 0.5) is 5.82 Å². The number of rotatable bonds is 8. The summed E-state index contributed by atoms with van der Waals surface area (Å²) in [6.07, 6.45) is 0.272. The molecule has 23 heavy (non-hydrogen) atoms. The monoisotopic (exact) mass is 337 g/mol. The highest BCUT2D eigenvalue weighted by molar-refractivity contribution is 6.30. The second-order valence-electron chi connectivity index (χ2n) is 4.86. The normalized spacial score (nSPS) is 10.7. The summed E-state index contributed by atoms with van der Waals surface area (Å²) >= 11 is 5.89. The maximum atomic E-state index is 11.9. The Hall–Kier alpha value is -1.89. The molecule has 1 heterocycles. The van der Waals surface area contributed by atoms with Crippen LogP contribution in [0.25, 0.3) is 11.3 Å². The minimum Gasteiger partial charge on any atom is -0.394 e. The largest absolute Gasteiger partial charge is 0.394 e. The van der Waals surface area contributed by atoms with Crippen molar-refractivity contribution < 1.29 is 14.6 Å². The number of hydrogen-bond acceptors (Lipinski definition) is 4. The number of ether oxygens (including phenoxy) is 1. The number of nitrogens with zero attached hydrogens (tertiary/aromatic N) is 2. The van der Waals surface area contributed by atoms with Gasteiger partial charge in [-0.2, -0.15) is 5.10 Å². The SMILES string of the molecule is CCOCCC(=O)Nc1cc(-c2ccc(Cl)cc2)nn1CCO. The molecule has 1 aromatic heterocycles. The summed E-state index contributed by atoms with van der Waals surface area (Å²) in [4.78, 5) is 11.9. The van der Waals surface area contributed by atoms with E-state index in [2.05, 4.69) is 10.4 Å². The van der Waals surface area contributed by atoms with E-state index in [-0.39, 0.29) is 18.9 Å². The number of benzene rings is 1. The standard InChI is InChI=1S/C16H20ClN3O3/c1-2-23-10-7-16(22)18-15-11-14(19-20(15)8-9-21)12-3-5-13(17)6-4-12/h3-6,11,21H,2,7-10H2,1H3,(H,18,22). The van der Waals surface area contributed by atoms with E-state index in [4.69, 9.17) is 21.4 Å². The molecule has 0 bridgehead atoms. The second kappa shape index (κ2) is 8.67. The van der Waals surface area contributed by atoms with Gasteiger partial charge in [0.2, 0.25) is 5.91 Å². The number of hydrogen-bond donors (Lipinski definition) is 2. The maximum Gasteiger partial charge on any atom is 0.227 e. The molecule has 0 aliphatic rings. The van der Waals surface area contributed by atoms with Crippen LogP contribution < -0.4 is 5.32 Å². The number of anilines is 1. The molecule has 0 aliphatic carbocycles. The molecule has 1 amide bonds. The molecule has 6 nitrogen and oxygen atoms in total. The van der Waals surface area contributed by atoms with E-state index in [1.165, 1.54) is 0 Å². The van der Waals surface area contributed by atoms with E-state index >= 15 is 0 Å². The molecule has 2 aromatic rings. The topological polar surface area (TPSA) is 76.4 Å². The van der Waals surface area contributed by atoms with Crippen LogP contribution in [0.1, 0.15) is 13.3 Å². The number of amides is 1. The van der Waals surface area contributed by atoms with Gasteiger partial charge in [0.05, 0.1) is 31.9 Å². The van der Waals surface area contributed by atoms with Gasteiger partial charge in [-0.25, -0.2) is 4.68 Å². The number of aliphatic hydroxyl groups is 1. The third-order valence-electron chi connectivity index (χ3n) is 3.18. The van der Waals surface area contributed by atoms with Gasteiger partial charge in [0.1, 0.15) is 5.82 Å². The summed E-state index contributed by atoms with van der Waals surface area (Å²) in [6, 6.07) is 9.05. The quantitative estimate of drug-likeness (QED) is 0.726. The van der Waals surface area contributed by atoms with Crippen LogP contribution in [0.5, 0.6) is 0 Å². The van der Waals surface area contributed by atoms with E-state index < -0.39 is 0 Å². The molecule has 7 heteroatoms. The van der Waals surface area contributed by atoms with Crippen LogP contribution >= 0.6 is 11.6 Å². The first kappa shape index (κ1) is 17.5. The van der Waals surface area contributed by atoms with Crippen LogP contribution in [0.15, 0.2) is 30.3 Å². The van der Waals surface area contributed by atoms with Gasteiger partial charge in [-0.15, -0.1) is 0 Å². The Morgan fingerprint density at radius 2 is 2.13 bits per heavy atom. The summed E-state index contributed by atoms with van der Waals surface area (Å²) in [5, 5.41) is 17.0. The number of aliphatic hydroxyl groups excluding tert-OH is 1. The number of nitrogens with one attached hydrogen (secondary N) is 1. The Bertz CT molecular complexity index is 641. The van der Waals surface area contributed by atoms with E-state index in [9.17, 15) is 4.79 Å². The molecule has 124 valence electrons. The molecule has 0 fully saturated rings. The zero-order valence-corrected chi connectivity index (χ0v) is 13.7. The van der Waals surface area contributed by atoms with Gasteiger partial charge >= 0.3 is 0 Å². The van der Waals surface area contributed by atoms with E-state index in [0.29, 0.717) is 36.3 Å². The first-order chi connectivity index (χ1) is 11.1. The molecule has 0 saturated carbocycles. The van der Waals surface area contributed by atoms with Crippen molar-refractivity contribution in [2.45, 2.75) is 19.9 Å². The van der Waals surface area contributed by atoms with E-state index in [1.54, 1.807) is 22.9 Å². The average Bonchev–Trinajstić information content (AvgIpc) is 2.91. The van der Waals surface area contributed by atoms with Crippen molar-refractivity contribution in [3.8, 4) is 11.3 Å².